The van der Waals surface area contributed by atoms with Crippen LogP contribution in [0, 0.1) is 0 Å². The maximum atomic E-state index is 13.1. The molecule has 176 valence electrons. The highest BCUT2D eigenvalue weighted by Crippen LogP contribution is 2.30. The lowest BCUT2D eigenvalue weighted by Gasteiger charge is -2.25. The minimum Gasteiger partial charge on any atom is -0.492 e. The summed E-state index contributed by atoms with van der Waals surface area (Å²) in [5.74, 6) is 0.0227. The molecule has 0 fully saturated rings. The number of sulfonamides is 1. The van der Waals surface area contributed by atoms with Gasteiger partial charge in [0.2, 0.25) is 15.9 Å². The minimum atomic E-state index is -3.75. The van der Waals surface area contributed by atoms with Gasteiger partial charge in [-0.1, -0.05) is 37.6 Å². The predicted molar refractivity (Wildman–Crippen MR) is 129 cm³/mol. The summed E-state index contributed by atoms with van der Waals surface area (Å²) in [6, 6.07) is 12.2. The highest BCUT2D eigenvalue weighted by atomic mass is 35.5. The van der Waals surface area contributed by atoms with Gasteiger partial charge >= 0.3 is 0 Å². The summed E-state index contributed by atoms with van der Waals surface area (Å²) in [5, 5.41) is 3.46. The van der Waals surface area contributed by atoms with E-state index in [9.17, 15) is 13.2 Å². The van der Waals surface area contributed by atoms with Gasteiger partial charge in [0.1, 0.15) is 10.6 Å². The lowest BCUT2D eigenvalue weighted by Crippen LogP contribution is -2.32. The zero-order chi connectivity index (χ0) is 23.9. The van der Waals surface area contributed by atoms with Crippen LogP contribution in [-0.2, 0) is 14.8 Å². The molecule has 1 N–H and O–H groups in total. The van der Waals surface area contributed by atoms with Crippen LogP contribution in [0.5, 0.6) is 5.75 Å². The summed E-state index contributed by atoms with van der Waals surface area (Å²) in [7, 11) is -1.90. The highest BCUT2D eigenvalue weighted by Gasteiger charge is 2.26. The lowest BCUT2D eigenvalue weighted by molar-refractivity contribution is -0.117. The summed E-state index contributed by atoms with van der Waals surface area (Å²) in [6.07, 6.45) is 0. The third-order valence-corrected chi connectivity index (χ3v) is 7.58. The first-order valence-electron chi connectivity index (χ1n) is 10.7. The Labute approximate surface area is 196 Å². The quantitative estimate of drug-likeness (QED) is 0.514. The molecule has 0 aliphatic carbocycles. The van der Waals surface area contributed by atoms with E-state index < -0.39 is 10.0 Å². The normalized spacial score (nSPS) is 12.8. The van der Waals surface area contributed by atoms with Gasteiger partial charge in [0, 0.05) is 29.8 Å². The van der Waals surface area contributed by atoms with E-state index in [2.05, 4.69) is 5.32 Å². The molecule has 0 spiro atoms. The number of halogens is 1. The Kier molecular flexibility index (Phi) is 9.51. The molecular formula is C23H32ClN3O4S. The monoisotopic (exact) mass is 481 g/mol. The van der Waals surface area contributed by atoms with E-state index in [1.807, 2.05) is 43.1 Å². The van der Waals surface area contributed by atoms with E-state index in [4.69, 9.17) is 16.3 Å². The molecule has 0 saturated carbocycles. The third kappa shape index (κ3) is 6.45. The van der Waals surface area contributed by atoms with Crippen LogP contribution in [0.3, 0.4) is 0 Å². The van der Waals surface area contributed by atoms with Gasteiger partial charge in [0.05, 0.1) is 13.2 Å². The molecule has 0 aliphatic rings. The number of nitrogens with zero attached hydrogens (tertiary/aromatic N) is 2. The molecule has 0 aliphatic heterocycles. The standard InChI is InChI=1S/C23H32ClN3O4S/c1-6-27(7-2)32(29,30)22-15-20(13-14-21(22)31-8-3)25-23(28)16-26(5)17(4)18-9-11-19(24)12-10-18/h9-15,17H,6-8,16H2,1-5H3,(H,25,28). The number of hydrogen-bond acceptors (Lipinski definition) is 5. The van der Waals surface area contributed by atoms with Crippen molar-refractivity contribution in [2.75, 3.05) is 38.6 Å². The summed E-state index contributed by atoms with van der Waals surface area (Å²) < 4.78 is 33.1. The van der Waals surface area contributed by atoms with Crippen molar-refractivity contribution in [2.45, 2.75) is 38.6 Å². The molecule has 0 aromatic heterocycles. The first-order valence-corrected chi connectivity index (χ1v) is 12.5. The van der Waals surface area contributed by atoms with Crippen molar-refractivity contribution in [3.8, 4) is 5.75 Å². The van der Waals surface area contributed by atoms with Crippen molar-refractivity contribution >= 4 is 33.2 Å². The van der Waals surface area contributed by atoms with Crippen LogP contribution >= 0.6 is 11.6 Å². The van der Waals surface area contributed by atoms with Crippen LogP contribution in [0.4, 0.5) is 5.69 Å². The van der Waals surface area contributed by atoms with Crippen LogP contribution in [0.15, 0.2) is 47.4 Å². The number of carbonyl (C=O) groups excluding carboxylic acids is 1. The number of anilines is 1. The van der Waals surface area contributed by atoms with Gasteiger partial charge in [0.15, 0.2) is 0 Å². The Morgan fingerprint density at radius 1 is 1.09 bits per heavy atom. The Balaban J connectivity index is 2.19. The van der Waals surface area contributed by atoms with Gasteiger partial charge in [-0.15, -0.1) is 0 Å². The number of rotatable bonds is 11. The van der Waals surface area contributed by atoms with Gasteiger partial charge in [0.25, 0.3) is 0 Å². The average Bonchev–Trinajstić information content (AvgIpc) is 2.75. The average molecular weight is 482 g/mol. The molecule has 0 bridgehead atoms. The number of hydrogen-bond donors (Lipinski definition) is 1. The third-order valence-electron chi connectivity index (χ3n) is 5.26. The molecule has 0 saturated heterocycles. The summed E-state index contributed by atoms with van der Waals surface area (Å²) >= 11 is 5.95. The zero-order valence-electron chi connectivity index (χ0n) is 19.3. The fourth-order valence-corrected chi connectivity index (χ4v) is 5.07. The van der Waals surface area contributed by atoms with Crippen molar-refractivity contribution in [3.05, 3.63) is 53.1 Å². The van der Waals surface area contributed by atoms with E-state index in [-0.39, 0.29) is 29.1 Å². The van der Waals surface area contributed by atoms with Crippen LogP contribution in [0.25, 0.3) is 0 Å². The molecule has 0 radical (unpaired) electrons. The molecule has 2 rings (SSSR count). The number of carbonyl (C=O) groups is 1. The lowest BCUT2D eigenvalue weighted by atomic mass is 10.1. The van der Waals surface area contributed by atoms with Crippen molar-refractivity contribution in [1.82, 2.24) is 9.21 Å². The zero-order valence-corrected chi connectivity index (χ0v) is 20.8. The smallest absolute Gasteiger partial charge is 0.246 e. The Bertz CT molecular complexity index is 1010. The van der Waals surface area contributed by atoms with Crippen molar-refractivity contribution in [2.24, 2.45) is 0 Å². The van der Waals surface area contributed by atoms with Crippen molar-refractivity contribution < 1.29 is 17.9 Å². The van der Waals surface area contributed by atoms with E-state index in [1.54, 1.807) is 32.9 Å². The summed E-state index contributed by atoms with van der Waals surface area (Å²) in [5.41, 5.74) is 1.44. The largest absolute Gasteiger partial charge is 0.492 e. The maximum Gasteiger partial charge on any atom is 0.246 e. The van der Waals surface area contributed by atoms with Crippen LogP contribution in [0.2, 0.25) is 5.02 Å². The summed E-state index contributed by atoms with van der Waals surface area (Å²) in [6.45, 7) is 8.51. The van der Waals surface area contributed by atoms with Gasteiger partial charge in [-0.2, -0.15) is 4.31 Å². The molecule has 1 unspecified atom stereocenters. The summed E-state index contributed by atoms with van der Waals surface area (Å²) in [4.78, 5) is 14.6. The van der Waals surface area contributed by atoms with E-state index >= 15 is 0 Å². The Morgan fingerprint density at radius 2 is 1.72 bits per heavy atom. The Hall–Kier alpha value is -2.13. The van der Waals surface area contributed by atoms with Gasteiger partial charge < -0.3 is 10.1 Å². The topological polar surface area (TPSA) is 79.0 Å². The van der Waals surface area contributed by atoms with Crippen LogP contribution in [0.1, 0.15) is 39.3 Å². The number of amides is 1. The Morgan fingerprint density at radius 3 is 2.28 bits per heavy atom. The first kappa shape index (κ1) is 26.1. The first-order chi connectivity index (χ1) is 15.1. The molecule has 9 heteroatoms. The molecule has 32 heavy (non-hydrogen) atoms. The second-order valence-corrected chi connectivity index (χ2v) is 9.72. The van der Waals surface area contributed by atoms with Crippen LogP contribution < -0.4 is 10.1 Å². The molecular weight excluding hydrogens is 450 g/mol. The van der Waals surface area contributed by atoms with Gasteiger partial charge in [-0.25, -0.2) is 8.42 Å². The fourth-order valence-electron chi connectivity index (χ4n) is 3.32. The molecule has 1 atom stereocenters. The van der Waals surface area contributed by atoms with E-state index in [0.29, 0.717) is 30.4 Å². The van der Waals surface area contributed by atoms with Crippen molar-refractivity contribution in [3.63, 3.8) is 0 Å². The van der Waals surface area contributed by atoms with Crippen LogP contribution in [-0.4, -0.2) is 56.8 Å². The minimum absolute atomic E-state index is 0.00282. The number of ether oxygens (including phenoxy) is 1. The molecule has 0 heterocycles. The number of nitrogens with one attached hydrogen (secondary N) is 1. The van der Waals surface area contributed by atoms with Crippen molar-refractivity contribution in [1.29, 1.82) is 0 Å². The highest BCUT2D eigenvalue weighted by molar-refractivity contribution is 7.89. The predicted octanol–water partition coefficient (Wildman–Crippen LogP) is 4.40. The molecule has 1 amide bonds. The molecule has 2 aromatic carbocycles. The van der Waals surface area contributed by atoms with Gasteiger partial charge in [-0.05, 0) is 56.8 Å². The van der Waals surface area contributed by atoms with E-state index in [0.717, 1.165) is 5.56 Å². The fraction of sp³-hybridized carbons (Fsp3) is 0.435. The van der Waals surface area contributed by atoms with Gasteiger partial charge in [-0.3, -0.25) is 9.69 Å². The van der Waals surface area contributed by atoms with E-state index in [1.165, 1.54) is 10.4 Å². The number of benzene rings is 2. The molecule has 2 aromatic rings. The number of likely N-dealkylation sites (N-methyl/N-ethyl adjacent to an activating group) is 1. The molecule has 7 nitrogen and oxygen atoms in total. The maximum absolute atomic E-state index is 13.1. The SMILES string of the molecule is CCOc1ccc(NC(=O)CN(C)C(C)c2ccc(Cl)cc2)cc1S(=O)(=O)N(CC)CC. The second kappa shape index (κ2) is 11.7. The second-order valence-electron chi connectivity index (χ2n) is 7.37.